The zero-order chi connectivity index (χ0) is 25.6. The lowest BCUT2D eigenvalue weighted by Crippen LogP contribution is -2.44. The second-order valence-electron chi connectivity index (χ2n) is 10.2. The molecule has 0 spiro atoms. The molecule has 0 bridgehead atoms. The van der Waals surface area contributed by atoms with Gasteiger partial charge in [0.15, 0.2) is 17.5 Å². The lowest BCUT2D eigenvalue weighted by molar-refractivity contribution is 0.312. The van der Waals surface area contributed by atoms with Crippen LogP contribution in [0.15, 0.2) is 24.3 Å². The van der Waals surface area contributed by atoms with E-state index in [0.717, 1.165) is 37.6 Å². The molecule has 9 nitrogen and oxygen atoms in total. The largest absolute Gasteiger partial charge is 0.433 e. The van der Waals surface area contributed by atoms with E-state index in [4.69, 9.17) is 4.74 Å². The molecule has 1 aliphatic heterocycles. The Morgan fingerprint density at radius 3 is 2.47 bits per heavy atom. The van der Waals surface area contributed by atoms with Gasteiger partial charge in [-0.1, -0.05) is 20.8 Å². The van der Waals surface area contributed by atoms with Gasteiger partial charge < -0.3 is 24.8 Å². The summed E-state index contributed by atoms with van der Waals surface area (Å²) in [5, 5.41) is 10.7. The molecule has 0 atom stereocenters. The molecular weight excluding hydrogens is 466 g/mol. The summed E-state index contributed by atoms with van der Waals surface area (Å²) in [6.07, 6.45) is 0. The Morgan fingerprint density at radius 2 is 1.78 bits per heavy atom. The predicted molar refractivity (Wildman–Crippen MR) is 135 cm³/mol. The molecule has 1 saturated heterocycles. The normalized spacial score (nSPS) is 15.0. The fourth-order valence-electron chi connectivity index (χ4n) is 4.13. The minimum Gasteiger partial charge on any atom is -0.433 e. The maximum Gasteiger partial charge on any atom is 0.233 e. The van der Waals surface area contributed by atoms with Gasteiger partial charge in [0.2, 0.25) is 17.6 Å². The highest BCUT2D eigenvalue weighted by Crippen LogP contribution is 2.34. The van der Waals surface area contributed by atoms with Crippen LogP contribution in [0.4, 0.5) is 26.4 Å². The molecule has 1 fully saturated rings. The first kappa shape index (κ1) is 24.0. The van der Waals surface area contributed by atoms with Gasteiger partial charge in [-0.25, -0.2) is 8.78 Å². The summed E-state index contributed by atoms with van der Waals surface area (Å²) in [6, 6.07) is 6.32. The number of piperazine rings is 1. The lowest BCUT2D eigenvalue weighted by atomic mass is 9.92. The number of nitrogens with one attached hydrogen (secondary N) is 3. The van der Waals surface area contributed by atoms with Crippen molar-refractivity contribution >= 4 is 28.5 Å². The summed E-state index contributed by atoms with van der Waals surface area (Å²) >= 11 is 0. The van der Waals surface area contributed by atoms with E-state index in [-0.39, 0.29) is 22.6 Å². The highest BCUT2D eigenvalue weighted by molar-refractivity contribution is 5.83. The summed E-state index contributed by atoms with van der Waals surface area (Å²) in [6.45, 7) is 11.2. The number of anilines is 3. The van der Waals surface area contributed by atoms with Gasteiger partial charge in [0.05, 0.1) is 5.52 Å². The quantitative estimate of drug-likeness (QED) is 0.363. The SMILES string of the molecule is Cc1cc2c(F)c(Oc3cc(N4CCN(C)CC4)nc(Nc4cc(C(C)(C)C)[nH]n4)n3)c(F)cc2[nH]1. The minimum atomic E-state index is -0.821. The number of aromatic amines is 2. The van der Waals surface area contributed by atoms with E-state index < -0.39 is 17.4 Å². The van der Waals surface area contributed by atoms with E-state index in [2.05, 4.69) is 68.1 Å². The van der Waals surface area contributed by atoms with E-state index in [9.17, 15) is 4.39 Å². The third-order valence-corrected chi connectivity index (χ3v) is 6.26. The zero-order valence-corrected chi connectivity index (χ0v) is 21.0. The van der Waals surface area contributed by atoms with Gasteiger partial charge in [0.1, 0.15) is 5.82 Å². The number of likely N-dealkylation sites (N-methyl/N-ethyl adjacent to an activating group) is 1. The second-order valence-corrected chi connectivity index (χ2v) is 10.2. The molecule has 4 heterocycles. The highest BCUT2D eigenvalue weighted by atomic mass is 19.1. The molecule has 0 amide bonds. The Kier molecular flexibility index (Phi) is 6.03. The summed E-state index contributed by atoms with van der Waals surface area (Å²) in [5.41, 5.74) is 1.91. The molecule has 4 aromatic rings. The third-order valence-electron chi connectivity index (χ3n) is 6.26. The van der Waals surface area contributed by atoms with Crippen LogP contribution in [0.1, 0.15) is 32.2 Å². The summed E-state index contributed by atoms with van der Waals surface area (Å²) in [4.78, 5) is 16.3. The van der Waals surface area contributed by atoms with E-state index in [1.54, 1.807) is 19.1 Å². The summed E-state index contributed by atoms with van der Waals surface area (Å²) in [7, 11) is 2.06. The molecule has 0 aliphatic carbocycles. The van der Waals surface area contributed by atoms with Gasteiger partial charge >= 0.3 is 0 Å². The van der Waals surface area contributed by atoms with Crippen molar-refractivity contribution in [1.82, 2.24) is 30.0 Å². The van der Waals surface area contributed by atoms with Crippen LogP contribution >= 0.6 is 0 Å². The Morgan fingerprint density at radius 1 is 1.03 bits per heavy atom. The summed E-state index contributed by atoms with van der Waals surface area (Å²) in [5.74, 6) is -0.746. The average Bonchev–Trinajstić information content (AvgIpc) is 3.43. The number of aromatic nitrogens is 5. The van der Waals surface area contributed by atoms with Crippen LogP contribution in [-0.4, -0.2) is 63.3 Å². The van der Waals surface area contributed by atoms with Crippen molar-refractivity contribution in [3.8, 4) is 11.6 Å². The molecule has 36 heavy (non-hydrogen) atoms. The van der Waals surface area contributed by atoms with E-state index in [0.29, 0.717) is 17.2 Å². The van der Waals surface area contributed by atoms with Crippen molar-refractivity contribution in [2.24, 2.45) is 0 Å². The summed E-state index contributed by atoms with van der Waals surface area (Å²) < 4.78 is 35.8. The molecule has 11 heteroatoms. The molecule has 3 N–H and O–H groups in total. The Bertz CT molecular complexity index is 1400. The van der Waals surface area contributed by atoms with E-state index in [1.165, 1.54) is 6.07 Å². The van der Waals surface area contributed by atoms with Crippen molar-refractivity contribution in [1.29, 1.82) is 0 Å². The predicted octanol–water partition coefficient (Wildman–Crippen LogP) is 4.85. The molecule has 5 rings (SSSR count). The zero-order valence-electron chi connectivity index (χ0n) is 21.0. The number of aryl methyl sites for hydroxylation is 1. The molecule has 1 aromatic carbocycles. The van der Waals surface area contributed by atoms with Gasteiger partial charge in [-0.15, -0.1) is 0 Å². The highest BCUT2D eigenvalue weighted by Gasteiger charge is 2.22. The smallest absolute Gasteiger partial charge is 0.233 e. The van der Waals surface area contributed by atoms with Crippen molar-refractivity contribution in [2.75, 3.05) is 43.4 Å². The van der Waals surface area contributed by atoms with Crippen LogP contribution in [0.5, 0.6) is 11.6 Å². The first-order chi connectivity index (χ1) is 17.1. The van der Waals surface area contributed by atoms with Gasteiger partial charge in [0, 0.05) is 66.6 Å². The number of rotatable bonds is 5. The van der Waals surface area contributed by atoms with Crippen LogP contribution in [0.2, 0.25) is 0 Å². The molecule has 0 unspecified atom stereocenters. The first-order valence-corrected chi connectivity index (χ1v) is 11.9. The fraction of sp³-hybridized carbons (Fsp3) is 0.400. The minimum absolute atomic E-state index is 0.0254. The number of fused-ring (bicyclic) bond motifs is 1. The molecule has 1 aliphatic rings. The lowest BCUT2D eigenvalue weighted by Gasteiger charge is -2.33. The number of nitrogens with zero attached hydrogens (tertiary/aromatic N) is 5. The fourth-order valence-corrected chi connectivity index (χ4v) is 4.13. The Labute approximate surface area is 207 Å². The van der Waals surface area contributed by atoms with E-state index in [1.807, 2.05) is 6.07 Å². The maximum atomic E-state index is 15.2. The van der Waals surface area contributed by atoms with Crippen molar-refractivity contribution < 1.29 is 13.5 Å². The van der Waals surface area contributed by atoms with Crippen LogP contribution < -0.4 is 15.0 Å². The van der Waals surface area contributed by atoms with Crippen LogP contribution in [0.25, 0.3) is 10.9 Å². The molecule has 190 valence electrons. The molecular formula is C25H30F2N8O. The van der Waals surface area contributed by atoms with E-state index >= 15 is 4.39 Å². The van der Waals surface area contributed by atoms with Crippen LogP contribution in [-0.2, 0) is 5.41 Å². The average molecular weight is 497 g/mol. The van der Waals surface area contributed by atoms with Gasteiger partial charge in [0.25, 0.3) is 0 Å². The maximum absolute atomic E-state index is 15.2. The number of benzene rings is 1. The van der Waals surface area contributed by atoms with Gasteiger partial charge in [-0.05, 0) is 20.0 Å². The van der Waals surface area contributed by atoms with Crippen LogP contribution in [0.3, 0.4) is 0 Å². The van der Waals surface area contributed by atoms with Gasteiger partial charge in [-0.2, -0.15) is 15.1 Å². The Hall–Kier alpha value is -3.73. The topological polar surface area (TPSA) is 98.0 Å². The van der Waals surface area contributed by atoms with Gasteiger partial charge in [-0.3, -0.25) is 5.10 Å². The van der Waals surface area contributed by atoms with Crippen molar-refractivity contribution in [3.63, 3.8) is 0 Å². The van der Waals surface area contributed by atoms with Crippen molar-refractivity contribution in [2.45, 2.75) is 33.1 Å². The van der Waals surface area contributed by atoms with Crippen molar-refractivity contribution in [3.05, 3.63) is 47.3 Å². The second kappa shape index (κ2) is 9.05. The standard InChI is InChI=1S/C25H30F2N8O/c1-14-10-15-17(28-14)11-16(26)23(22(15)27)36-21-13-20(35-8-6-34(5)7-9-35)30-24(31-21)29-19-12-18(32-33-19)25(2,3)4/h10-13,28H,6-9H2,1-5H3,(H2,29,30,31,32,33). The number of H-pyrrole nitrogens is 2. The number of halogens is 2. The van der Waals surface area contributed by atoms with Crippen LogP contribution in [0, 0.1) is 18.6 Å². The molecule has 0 radical (unpaired) electrons. The molecule has 0 saturated carbocycles. The first-order valence-electron chi connectivity index (χ1n) is 11.9. The number of ether oxygens (including phenoxy) is 1. The monoisotopic (exact) mass is 496 g/mol. The Balaban J connectivity index is 1.51. The number of hydrogen-bond donors (Lipinski definition) is 3. The molecule has 3 aromatic heterocycles. The third kappa shape index (κ3) is 4.83. The number of hydrogen-bond acceptors (Lipinski definition) is 7.